The number of hydrogen-bond acceptors (Lipinski definition) is 2. The highest BCUT2D eigenvalue weighted by Crippen LogP contribution is 2.45. The summed E-state index contributed by atoms with van der Waals surface area (Å²) in [4.78, 5) is 14.2. The molecule has 0 N–H and O–H groups in total. The first-order chi connectivity index (χ1) is 7.18. The number of halogens is 2. The number of hydrogen-bond donors (Lipinski definition) is 0. The summed E-state index contributed by atoms with van der Waals surface area (Å²) < 4.78 is 13.7. The Labute approximate surface area is 95.3 Å². The molecule has 0 bridgehead atoms. The van der Waals surface area contributed by atoms with Crippen molar-refractivity contribution >= 4 is 22.0 Å². The van der Waals surface area contributed by atoms with Crippen LogP contribution >= 0.6 is 15.9 Å². The van der Waals surface area contributed by atoms with Crippen molar-refractivity contribution in [3.8, 4) is 0 Å². The van der Waals surface area contributed by atoms with E-state index in [9.17, 15) is 9.18 Å². The summed E-state index contributed by atoms with van der Waals surface area (Å²) >= 11 is 3.09. The van der Waals surface area contributed by atoms with Crippen LogP contribution in [0.25, 0.3) is 0 Å². The van der Waals surface area contributed by atoms with Crippen LogP contribution in [0.2, 0.25) is 0 Å². The largest absolute Gasteiger partial charge is 0.235 e. The van der Waals surface area contributed by atoms with Crippen LogP contribution in [0, 0.1) is 5.82 Å². The summed E-state index contributed by atoms with van der Waals surface area (Å²) in [6.45, 7) is 0. The van der Waals surface area contributed by atoms with Gasteiger partial charge >= 0.3 is 0 Å². The Morgan fingerprint density at radius 2 is 2.20 bits per heavy atom. The maximum absolute atomic E-state index is 13.3. The van der Waals surface area contributed by atoms with Crippen molar-refractivity contribution in [2.75, 3.05) is 0 Å². The molecule has 4 heteroatoms. The molecule has 0 unspecified atom stereocenters. The van der Waals surface area contributed by atoms with Gasteiger partial charge < -0.3 is 0 Å². The summed E-state index contributed by atoms with van der Waals surface area (Å²) in [5.74, 6) is -0.320. The van der Waals surface area contributed by atoms with Gasteiger partial charge in [-0.1, -0.05) is 6.07 Å². The van der Waals surface area contributed by atoms with Gasteiger partial charge in [0.1, 0.15) is 5.82 Å². The van der Waals surface area contributed by atoms with Crippen LogP contribution in [0.5, 0.6) is 0 Å². The minimum absolute atomic E-state index is 0.320. The molecular weight excluding hydrogens is 261 g/mol. The molecule has 1 aromatic rings. The first-order valence-electron chi connectivity index (χ1n) is 4.72. The lowest BCUT2D eigenvalue weighted by Crippen LogP contribution is -2.31. The van der Waals surface area contributed by atoms with Crippen molar-refractivity contribution in [3.05, 3.63) is 34.1 Å². The van der Waals surface area contributed by atoms with Crippen molar-refractivity contribution in [2.45, 2.75) is 24.8 Å². The Morgan fingerprint density at radius 3 is 2.67 bits per heavy atom. The molecule has 1 aromatic carbocycles. The number of benzene rings is 1. The third-order valence-electron chi connectivity index (χ3n) is 2.90. The van der Waals surface area contributed by atoms with E-state index in [1.165, 1.54) is 6.07 Å². The number of nitrogens with zero attached hydrogens (tertiary/aromatic N) is 1. The van der Waals surface area contributed by atoms with Crippen LogP contribution in [0.4, 0.5) is 4.39 Å². The molecule has 0 heterocycles. The van der Waals surface area contributed by atoms with E-state index in [0.29, 0.717) is 4.47 Å². The lowest BCUT2D eigenvalue weighted by atomic mass is 9.72. The molecule has 0 aliphatic heterocycles. The monoisotopic (exact) mass is 269 g/mol. The zero-order chi connectivity index (χ0) is 10.9. The Bertz CT molecular complexity index is 436. The van der Waals surface area contributed by atoms with E-state index < -0.39 is 5.54 Å². The molecule has 15 heavy (non-hydrogen) atoms. The van der Waals surface area contributed by atoms with Gasteiger partial charge in [0.05, 0.1) is 10.0 Å². The van der Waals surface area contributed by atoms with E-state index in [0.717, 1.165) is 24.8 Å². The van der Waals surface area contributed by atoms with Crippen LogP contribution in [-0.2, 0) is 10.3 Å². The molecular formula is C11H9BrFNO. The number of isocyanates is 1. The van der Waals surface area contributed by atoms with Crippen molar-refractivity contribution in [1.29, 1.82) is 0 Å². The van der Waals surface area contributed by atoms with Gasteiger partial charge in [-0.2, -0.15) is 4.99 Å². The molecule has 0 radical (unpaired) electrons. The molecule has 0 aromatic heterocycles. The maximum Gasteiger partial charge on any atom is 0.235 e. The quantitative estimate of drug-likeness (QED) is 0.598. The smallest absolute Gasteiger partial charge is 0.211 e. The predicted octanol–water partition coefficient (Wildman–Crippen LogP) is 3.30. The van der Waals surface area contributed by atoms with Crippen LogP contribution < -0.4 is 0 Å². The zero-order valence-electron chi connectivity index (χ0n) is 7.96. The summed E-state index contributed by atoms with van der Waals surface area (Å²) in [7, 11) is 0. The first-order valence-corrected chi connectivity index (χ1v) is 5.52. The zero-order valence-corrected chi connectivity index (χ0v) is 9.55. The summed E-state index contributed by atoms with van der Waals surface area (Å²) in [6.07, 6.45) is 4.19. The van der Waals surface area contributed by atoms with E-state index >= 15 is 0 Å². The number of carbonyl (C=O) groups excluding carboxylic acids is 1. The highest BCUT2D eigenvalue weighted by Gasteiger charge is 2.39. The lowest BCUT2D eigenvalue weighted by Gasteiger charge is -2.37. The van der Waals surface area contributed by atoms with E-state index in [4.69, 9.17) is 0 Å². The third kappa shape index (κ3) is 1.75. The van der Waals surface area contributed by atoms with E-state index in [2.05, 4.69) is 20.9 Å². The van der Waals surface area contributed by atoms with Gasteiger partial charge in [-0.05, 0) is 52.9 Å². The normalized spacial score (nSPS) is 17.7. The van der Waals surface area contributed by atoms with Crippen molar-refractivity contribution in [1.82, 2.24) is 0 Å². The van der Waals surface area contributed by atoms with Gasteiger partial charge in [-0.15, -0.1) is 0 Å². The Kier molecular flexibility index (Phi) is 2.72. The van der Waals surface area contributed by atoms with E-state index in [1.54, 1.807) is 18.2 Å². The van der Waals surface area contributed by atoms with E-state index in [-0.39, 0.29) is 5.82 Å². The second-order valence-electron chi connectivity index (χ2n) is 3.72. The first kappa shape index (κ1) is 10.5. The second-order valence-corrected chi connectivity index (χ2v) is 4.57. The Morgan fingerprint density at radius 1 is 1.47 bits per heavy atom. The van der Waals surface area contributed by atoms with Crippen LogP contribution in [0.1, 0.15) is 24.8 Å². The molecule has 2 nitrogen and oxygen atoms in total. The fourth-order valence-corrected chi connectivity index (χ4v) is 2.10. The summed E-state index contributed by atoms with van der Waals surface area (Å²) in [5, 5.41) is 0. The summed E-state index contributed by atoms with van der Waals surface area (Å²) in [6, 6.07) is 4.88. The number of rotatable bonds is 2. The Balaban J connectivity index is 2.43. The average Bonchev–Trinajstić information content (AvgIpc) is 2.16. The predicted molar refractivity (Wildman–Crippen MR) is 57.8 cm³/mol. The van der Waals surface area contributed by atoms with Crippen LogP contribution in [0.3, 0.4) is 0 Å². The molecule has 0 atom stereocenters. The van der Waals surface area contributed by atoms with Crippen molar-refractivity contribution in [2.24, 2.45) is 4.99 Å². The minimum Gasteiger partial charge on any atom is -0.211 e. The molecule has 1 saturated carbocycles. The summed E-state index contributed by atoms with van der Waals surface area (Å²) in [5.41, 5.74) is 0.251. The van der Waals surface area contributed by atoms with Gasteiger partial charge in [0, 0.05) is 0 Å². The molecule has 0 amide bonds. The molecule has 1 aliphatic carbocycles. The molecule has 78 valence electrons. The van der Waals surface area contributed by atoms with E-state index in [1.807, 2.05) is 0 Å². The molecule has 0 saturated heterocycles. The SMILES string of the molecule is O=C=NC1(c2ccc(Br)c(F)c2)CCC1. The van der Waals surface area contributed by atoms with Gasteiger partial charge in [-0.3, -0.25) is 0 Å². The lowest BCUT2D eigenvalue weighted by molar-refractivity contribution is 0.255. The molecule has 1 fully saturated rings. The van der Waals surface area contributed by atoms with Gasteiger partial charge in [0.15, 0.2) is 0 Å². The standard InChI is InChI=1S/C11H9BrFNO/c12-9-3-2-8(6-10(9)13)11(14-7-15)4-1-5-11/h2-3,6H,1,4-5H2. The maximum atomic E-state index is 13.3. The van der Waals surface area contributed by atoms with Gasteiger partial charge in [0.25, 0.3) is 0 Å². The van der Waals surface area contributed by atoms with Crippen LogP contribution in [0.15, 0.2) is 27.7 Å². The fraction of sp³-hybridized carbons (Fsp3) is 0.364. The molecule has 2 rings (SSSR count). The molecule has 1 aliphatic rings. The van der Waals surface area contributed by atoms with Gasteiger partial charge in [0.2, 0.25) is 6.08 Å². The van der Waals surface area contributed by atoms with Gasteiger partial charge in [-0.25, -0.2) is 9.18 Å². The highest BCUT2D eigenvalue weighted by atomic mass is 79.9. The number of aliphatic imine (C=N–C) groups is 1. The Hall–Kier alpha value is -0.990. The topological polar surface area (TPSA) is 29.4 Å². The molecule has 0 spiro atoms. The van der Waals surface area contributed by atoms with Crippen molar-refractivity contribution in [3.63, 3.8) is 0 Å². The minimum atomic E-state index is -0.511. The second kappa shape index (κ2) is 3.87. The van der Waals surface area contributed by atoms with Crippen LogP contribution in [-0.4, -0.2) is 6.08 Å². The highest BCUT2D eigenvalue weighted by molar-refractivity contribution is 9.10. The average molecular weight is 270 g/mol. The third-order valence-corrected chi connectivity index (χ3v) is 3.54. The van der Waals surface area contributed by atoms with Crippen molar-refractivity contribution < 1.29 is 9.18 Å². The fourth-order valence-electron chi connectivity index (χ4n) is 1.85.